The first-order valence-corrected chi connectivity index (χ1v) is 6.95. The van der Waals surface area contributed by atoms with Crippen LogP contribution in [-0.4, -0.2) is 31.7 Å². The quantitative estimate of drug-likeness (QED) is 0.778. The van der Waals surface area contributed by atoms with Crippen molar-refractivity contribution in [2.45, 2.75) is 38.9 Å². The van der Waals surface area contributed by atoms with Crippen molar-refractivity contribution in [1.29, 1.82) is 0 Å². The first kappa shape index (κ1) is 11.9. The third-order valence-electron chi connectivity index (χ3n) is 3.74. The van der Waals surface area contributed by atoms with Gasteiger partial charge < -0.3 is 0 Å². The van der Waals surface area contributed by atoms with E-state index in [0.29, 0.717) is 6.04 Å². The van der Waals surface area contributed by atoms with Crippen molar-refractivity contribution >= 4 is 17.9 Å². The van der Waals surface area contributed by atoms with E-state index < -0.39 is 0 Å². The Labute approximate surface area is 112 Å². The van der Waals surface area contributed by atoms with E-state index in [1.165, 1.54) is 19.3 Å². The fourth-order valence-corrected chi connectivity index (χ4v) is 2.85. The summed E-state index contributed by atoms with van der Waals surface area (Å²) in [6.07, 6.45) is 5.88. The molecule has 0 aromatic carbocycles. The molecule has 1 aliphatic heterocycles. The zero-order chi connectivity index (χ0) is 12.5. The Kier molecular flexibility index (Phi) is 3.18. The lowest BCUT2D eigenvalue weighted by atomic mass is 10.0. The molecule has 0 N–H and O–H groups in total. The lowest BCUT2D eigenvalue weighted by Crippen LogP contribution is -2.38. The van der Waals surface area contributed by atoms with Crippen LogP contribution in [0.1, 0.15) is 26.2 Å². The largest absolute Gasteiger partial charge is 0.282 e. The first-order valence-electron chi connectivity index (χ1n) is 6.54. The van der Waals surface area contributed by atoms with E-state index in [9.17, 15) is 0 Å². The molecule has 2 aromatic rings. The average molecular weight is 262 g/mol. The van der Waals surface area contributed by atoms with Crippen LogP contribution < -0.4 is 0 Å². The highest BCUT2D eigenvalue weighted by atomic mass is 32.1. The molecule has 0 radical (unpaired) electrons. The van der Waals surface area contributed by atoms with Crippen molar-refractivity contribution < 1.29 is 0 Å². The maximum Gasteiger partial charge on any atom is 0.203 e. The van der Waals surface area contributed by atoms with Gasteiger partial charge in [0.05, 0.1) is 6.67 Å². The Balaban J connectivity index is 1.90. The van der Waals surface area contributed by atoms with Crippen LogP contribution in [0.25, 0.3) is 5.65 Å². The predicted octanol–water partition coefficient (Wildman–Crippen LogP) is 2.70. The third kappa shape index (κ3) is 2.08. The molecular formula is C13H18N4S. The van der Waals surface area contributed by atoms with Crippen molar-refractivity contribution in [2.24, 2.45) is 0 Å². The first-order chi connectivity index (χ1) is 8.75. The zero-order valence-corrected chi connectivity index (χ0v) is 11.4. The number of hydrogen-bond acceptors (Lipinski definition) is 3. The summed E-state index contributed by atoms with van der Waals surface area (Å²) in [5, 5.41) is 4.57. The van der Waals surface area contributed by atoms with Gasteiger partial charge in [0, 0.05) is 18.8 Å². The minimum atomic E-state index is 0.630. The number of piperidine rings is 1. The molecule has 4 nitrogen and oxygen atoms in total. The molecule has 1 saturated heterocycles. The fourth-order valence-electron chi connectivity index (χ4n) is 2.60. The van der Waals surface area contributed by atoms with Crippen molar-refractivity contribution in [3.8, 4) is 0 Å². The number of aromatic nitrogens is 3. The number of rotatable bonds is 2. The van der Waals surface area contributed by atoms with Crippen molar-refractivity contribution in [3.05, 3.63) is 29.2 Å². The van der Waals surface area contributed by atoms with Crippen molar-refractivity contribution in [3.63, 3.8) is 0 Å². The highest BCUT2D eigenvalue weighted by Gasteiger charge is 2.19. The monoisotopic (exact) mass is 262 g/mol. The van der Waals surface area contributed by atoms with Gasteiger partial charge in [0.1, 0.15) is 0 Å². The smallest absolute Gasteiger partial charge is 0.203 e. The molecule has 18 heavy (non-hydrogen) atoms. The van der Waals surface area contributed by atoms with Crippen LogP contribution in [0.3, 0.4) is 0 Å². The normalized spacial score (nSPS) is 21.5. The van der Waals surface area contributed by atoms with Crippen molar-refractivity contribution in [1.82, 2.24) is 19.1 Å². The Hall–Kier alpha value is -1.20. The number of fused-ring (bicyclic) bond motifs is 1. The molecule has 1 fully saturated rings. The number of pyridine rings is 1. The highest BCUT2D eigenvalue weighted by Crippen LogP contribution is 2.17. The molecule has 0 spiro atoms. The SMILES string of the molecule is CC1CCCCN1Cn1nc2ccccn2c1=S. The fraction of sp³-hybridized carbons (Fsp3) is 0.538. The van der Waals surface area contributed by atoms with Gasteiger partial charge in [-0.05, 0) is 44.1 Å². The summed E-state index contributed by atoms with van der Waals surface area (Å²) in [5.41, 5.74) is 0.923. The van der Waals surface area contributed by atoms with Gasteiger partial charge in [-0.2, -0.15) is 5.10 Å². The summed E-state index contributed by atoms with van der Waals surface area (Å²) in [5.74, 6) is 0. The van der Waals surface area contributed by atoms with E-state index in [4.69, 9.17) is 12.2 Å². The second-order valence-corrected chi connectivity index (χ2v) is 5.37. The van der Waals surface area contributed by atoms with Gasteiger partial charge in [-0.25, -0.2) is 4.68 Å². The highest BCUT2D eigenvalue weighted by molar-refractivity contribution is 7.71. The van der Waals surface area contributed by atoms with E-state index >= 15 is 0 Å². The van der Waals surface area contributed by atoms with Crippen LogP contribution in [0.5, 0.6) is 0 Å². The van der Waals surface area contributed by atoms with E-state index in [1.807, 2.05) is 33.5 Å². The van der Waals surface area contributed by atoms with Gasteiger partial charge in [0.15, 0.2) is 5.65 Å². The minimum absolute atomic E-state index is 0.630. The Morgan fingerprint density at radius 1 is 1.39 bits per heavy atom. The topological polar surface area (TPSA) is 25.5 Å². The van der Waals surface area contributed by atoms with Gasteiger partial charge in [0.25, 0.3) is 0 Å². The molecule has 1 atom stereocenters. The van der Waals surface area contributed by atoms with Gasteiger partial charge in [-0.1, -0.05) is 12.5 Å². The molecule has 0 amide bonds. The molecule has 96 valence electrons. The lowest BCUT2D eigenvalue weighted by Gasteiger charge is -2.32. The summed E-state index contributed by atoms with van der Waals surface area (Å²) < 4.78 is 4.68. The van der Waals surface area contributed by atoms with Gasteiger partial charge in [0.2, 0.25) is 4.77 Å². The minimum Gasteiger partial charge on any atom is -0.282 e. The summed E-state index contributed by atoms with van der Waals surface area (Å²) >= 11 is 5.47. The van der Waals surface area contributed by atoms with Crippen LogP contribution in [0.15, 0.2) is 24.4 Å². The molecule has 2 aromatic heterocycles. The number of likely N-dealkylation sites (tertiary alicyclic amines) is 1. The third-order valence-corrected chi connectivity index (χ3v) is 4.15. The number of hydrogen-bond donors (Lipinski definition) is 0. The summed E-state index contributed by atoms with van der Waals surface area (Å²) in [6, 6.07) is 6.60. The molecule has 0 aliphatic carbocycles. The van der Waals surface area contributed by atoms with Crippen LogP contribution in [-0.2, 0) is 6.67 Å². The van der Waals surface area contributed by atoms with Crippen LogP contribution >= 0.6 is 12.2 Å². The Morgan fingerprint density at radius 3 is 3.06 bits per heavy atom. The maximum absolute atomic E-state index is 5.47. The molecule has 3 rings (SSSR count). The second kappa shape index (κ2) is 4.82. The summed E-state index contributed by atoms with van der Waals surface area (Å²) in [6.45, 7) is 4.25. The van der Waals surface area contributed by atoms with Gasteiger partial charge in [-0.3, -0.25) is 9.30 Å². The molecular weight excluding hydrogens is 244 g/mol. The average Bonchev–Trinajstić information content (AvgIpc) is 2.70. The maximum atomic E-state index is 5.47. The van der Waals surface area contributed by atoms with E-state index in [0.717, 1.165) is 23.6 Å². The van der Waals surface area contributed by atoms with Gasteiger partial charge in [-0.15, -0.1) is 0 Å². The summed E-state index contributed by atoms with van der Waals surface area (Å²) in [7, 11) is 0. The standard InChI is InChI=1S/C13H18N4S/c1-11-6-2-4-8-15(11)10-17-13(18)16-9-5-3-7-12(16)14-17/h3,5,7,9,11H,2,4,6,8,10H2,1H3. The Morgan fingerprint density at radius 2 is 2.28 bits per heavy atom. The Bertz CT molecular complexity index is 600. The van der Waals surface area contributed by atoms with Crippen LogP contribution in [0, 0.1) is 4.77 Å². The molecule has 5 heteroatoms. The lowest BCUT2D eigenvalue weighted by molar-refractivity contribution is 0.114. The van der Waals surface area contributed by atoms with Crippen LogP contribution in [0.2, 0.25) is 0 Å². The molecule has 1 unspecified atom stereocenters. The second-order valence-electron chi connectivity index (χ2n) is 5.01. The molecule has 0 saturated carbocycles. The molecule has 1 aliphatic rings. The van der Waals surface area contributed by atoms with Gasteiger partial charge >= 0.3 is 0 Å². The van der Waals surface area contributed by atoms with Crippen molar-refractivity contribution in [2.75, 3.05) is 6.54 Å². The zero-order valence-electron chi connectivity index (χ0n) is 10.6. The predicted molar refractivity (Wildman–Crippen MR) is 74.0 cm³/mol. The van der Waals surface area contributed by atoms with E-state index in [2.05, 4.69) is 16.9 Å². The van der Waals surface area contributed by atoms with E-state index in [-0.39, 0.29) is 0 Å². The molecule has 0 bridgehead atoms. The molecule has 3 heterocycles. The number of nitrogens with zero attached hydrogens (tertiary/aromatic N) is 4. The van der Waals surface area contributed by atoms with E-state index in [1.54, 1.807) is 0 Å². The van der Waals surface area contributed by atoms with Crippen LogP contribution in [0.4, 0.5) is 0 Å². The summed E-state index contributed by atoms with van der Waals surface area (Å²) in [4.78, 5) is 2.46.